The molecule has 0 saturated carbocycles. The molecule has 6 aromatic carbocycles. The van der Waals surface area contributed by atoms with Gasteiger partial charge >= 0.3 is 0 Å². The van der Waals surface area contributed by atoms with Gasteiger partial charge in [-0.05, 0) is 132 Å². The van der Waals surface area contributed by atoms with E-state index in [-0.39, 0.29) is 0 Å². The third-order valence-electron chi connectivity index (χ3n) is 10.7. The minimum absolute atomic E-state index is 1.03. The Hall–Kier alpha value is -5.73. The summed E-state index contributed by atoms with van der Waals surface area (Å²) in [6.45, 7) is 4.30. The highest BCUT2D eigenvalue weighted by Crippen LogP contribution is 2.45. The van der Waals surface area contributed by atoms with Gasteiger partial charge in [0.05, 0.1) is 11.4 Å². The zero-order valence-electron chi connectivity index (χ0n) is 28.8. The highest BCUT2D eigenvalue weighted by Gasteiger charge is 2.24. The number of nitrogens with zero attached hydrogens (tertiary/aromatic N) is 2. The van der Waals surface area contributed by atoms with Crippen molar-refractivity contribution >= 4 is 55.6 Å². The summed E-state index contributed by atoms with van der Waals surface area (Å²) < 4.78 is 0. The monoisotopic (exact) mass is 644 g/mol. The molecule has 0 heterocycles. The first-order valence-corrected chi connectivity index (χ1v) is 18.0. The molecule has 2 nitrogen and oxygen atoms in total. The van der Waals surface area contributed by atoms with Crippen molar-refractivity contribution in [2.45, 2.75) is 46.0 Å². The summed E-state index contributed by atoms with van der Waals surface area (Å²) in [5, 5.41) is 4.86. The lowest BCUT2D eigenvalue weighted by Crippen LogP contribution is -2.10. The van der Waals surface area contributed by atoms with Gasteiger partial charge < -0.3 is 4.90 Å². The maximum Gasteiger partial charge on any atom is 0.0740 e. The lowest BCUT2D eigenvalue weighted by Gasteiger charge is -2.27. The van der Waals surface area contributed by atoms with Gasteiger partial charge in [-0.25, -0.2) is 0 Å². The van der Waals surface area contributed by atoms with Gasteiger partial charge in [0.2, 0.25) is 0 Å². The molecule has 0 unspecified atom stereocenters. The van der Waals surface area contributed by atoms with Crippen LogP contribution in [0.15, 0.2) is 162 Å². The van der Waals surface area contributed by atoms with Crippen LogP contribution in [0.1, 0.15) is 49.3 Å². The second-order valence-electron chi connectivity index (χ2n) is 13.8. The largest absolute Gasteiger partial charge is 0.310 e. The van der Waals surface area contributed by atoms with Crippen LogP contribution in [0.5, 0.6) is 0 Å². The van der Waals surface area contributed by atoms with E-state index >= 15 is 0 Å². The van der Waals surface area contributed by atoms with Gasteiger partial charge in [-0.15, -0.1) is 0 Å². The summed E-state index contributed by atoms with van der Waals surface area (Å²) >= 11 is 0. The molecule has 3 aliphatic rings. The molecule has 0 aromatic heterocycles. The number of anilines is 3. The van der Waals surface area contributed by atoms with Crippen molar-refractivity contribution in [3.05, 3.63) is 173 Å². The number of fused-ring (bicyclic) bond motifs is 5. The molecular formula is C48H40N2. The van der Waals surface area contributed by atoms with Gasteiger partial charge in [-0.2, -0.15) is 0 Å². The Labute approximate surface area is 295 Å². The molecule has 6 aromatic rings. The van der Waals surface area contributed by atoms with Crippen molar-refractivity contribution in [3.8, 4) is 11.1 Å². The van der Waals surface area contributed by atoms with E-state index in [2.05, 4.69) is 164 Å². The second kappa shape index (κ2) is 12.6. The number of allylic oxidation sites excluding steroid dienone is 8. The molecule has 50 heavy (non-hydrogen) atoms. The lowest BCUT2D eigenvalue weighted by atomic mass is 9.93. The Balaban J connectivity index is 1.14. The van der Waals surface area contributed by atoms with Crippen molar-refractivity contribution in [1.82, 2.24) is 0 Å². The average Bonchev–Trinajstić information content (AvgIpc) is 3.56. The minimum Gasteiger partial charge on any atom is -0.310 e. The fourth-order valence-electron chi connectivity index (χ4n) is 8.21. The molecule has 0 amide bonds. The molecule has 0 bridgehead atoms. The minimum atomic E-state index is 1.03. The van der Waals surface area contributed by atoms with Crippen LogP contribution < -0.4 is 4.90 Å². The SMILES string of the molecule is C/C(=N\c1c(C)ccc2c1ccc1c(N(c3ccccc3)c3ccc(-c4cccc5c4CC4=C5CCC=C4)cc3)cccc12)C1=CCCC=C1. The first-order chi connectivity index (χ1) is 24.6. The number of para-hydroxylation sites is 1. The first kappa shape index (κ1) is 30.3. The predicted molar refractivity (Wildman–Crippen MR) is 215 cm³/mol. The van der Waals surface area contributed by atoms with Crippen molar-refractivity contribution in [1.29, 1.82) is 0 Å². The summed E-state index contributed by atoms with van der Waals surface area (Å²) in [4.78, 5) is 7.63. The zero-order chi connectivity index (χ0) is 33.6. The van der Waals surface area contributed by atoms with Crippen molar-refractivity contribution < 1.29 is 0 Å². The van der Waals surface area contributed by atoms with Crippen LogP contribution in [0.25, 0.3) is 38.2 Å². The molecule has 0 fully saturated rings. The van der Waals surface area contributed by atoms with E-state index in [0.717, 1.165) is 60.6 Å². The molecule has 9 rings (SSSR count). The van der Waals surface area contributed by atoms with E-state index in [1.807, 2.05) is 0 Å². The number of benzene rings is 6. The van der Waals surface area contributed by atoms with Gasteiger partial charge in [-0.1, -0.05) is 115 Å². The first-order valence-electron chi connectivity index (χ1n) is 18.0. The van der Waals surface area contributed by atoms with Gasteiger partial charge in [-0.3, -0.25) is 4.99 Å². The summed E-state index contributed by atoms with van der Waals surface area (Å²) in [7, 11) is 0. The van der Waals surface area contributed by atoms with E-state index < -0.39 is 0 Å². The van der Waals surface area contributed by atoms with Gasteiger partial charge in [0.15, 0.2) is 0 Å². The Kier molecular flexibility index (Phi) is 7.66. The van der Waals surface area contributed by atoms with Crippen LogP contribution in [0, 0.1) is 6.92 Å². The number of hydrogen-bond acceptors (Lipinski definition) is 2. The molecule has 2 heteroatoms. The Bertz CT molecular complexity index is 2450. The Morgan fingerprint density at radius 2 is 1.36 bits per heavy atom. The highest BCUT2D eigenvalue weighted by molar-refractivity contribution is 6.16. The maximum atomic E-state index is 5.23. The second-order valence-corrected chi connectivity index (χ2v) is 13.8. The Morgan fingerprint density at radius 3 is 2.20 bits per heavy atom. The van der Waals surface area contributed by atoms with Gasteiger partial charge in [0, 0.05) is 27.9 Å². The van der Waals surface area contributed by atoms with Crippen molar-refractivity contribution in [3.63, 3.8) is 0 Å². The summed E-state index contributed by atoms with van der Waals surface area (Å²) in [5.41, 5.74) is 16.5. The molecule has 242 valence electrons. The van der Waals surface area contributed by atoms with E-state index in [4.69, 9.17) is 4.99 Å². The zero-order valence-corrected chi connectivity index (χ0v) is 28.8. The molecule has 0 aliphatic heterocycles. The fraction of sp³-hybridized carbons (Fsp3) is 0.146. The maximum absolute atomic E-state index is 5.23. The molecule has 3 aliphatic carbocycles. The number of rotatable bonds is 6. The topological polar surface area (TPSA) is 15.6 Å². The van der Waals surface area contributed by atoms with Crippen LogP contribution >= 0.6 is 0 Å². The van der Waals surface area contributed by atoms with E-state index in [1.54, 1.807) is 5.57 Å². The standard InChI is InChI=1S/C48H40N2/c1-32-23-28-43-42-21-12-22-47(44(42)29-30-45(43)48(32)49-33(2)34-13-5-3-6-14-34)50(37-16-7-4-8-17-37)38-26-24-35(25-27-38)39-19-11-20-41-40-18-10-9-15-36(40)31-46(39)41/h4-5,7-9,11-17,19-30H,3,6,10,18,31H2,1-2H3/b49-33+. The fourth-order valence-corrected chi connectivity index (χ4v) is 8.21. The molecule has 0 atom stereocenters. The quantitative estimate of drug-likeness (QED) is 0.130. The van der Waals surface area contributed by atoms with Gasteiger partial charge in [0.25, 0.3) is 0 Å². The van der Waals surface area contributed by atoms with Crippen LogP contribution in [0.4, 0.5) is 22.7 Å². The molecule has 0 spiro atoms. The smallest absolute Gasteiger partial charge is 0.0740 e. The summed E-state index contributed by atoms with van der Waals surface area (Å²) in [6.07, 6.45) is 16.9. The number of hydrogen-bond donors (Lipinski definition) is 0. The predicted octanol–water partition coefficient (Wildman–Crippen LogP) is 13.5. The summed E-state index contributed by atoms with van der Waals surface area (Å²) in [5.74, 6) is 0. The number of aliphatic imine (C=N–C) groups is 1. The normalized spacial score (nSPS) is 15.4. The number of aryl methyl sites for hydroxylation is 1. The third-order valence-corrected chi connectivity index (χ3v) is 10.7. The molecule has 0 N–H and O–H groups in total. The molecule has 0 radical (unpaired) electrons. The lowest BCUT2D eigenvalue weighted by molar-refractivity contribution is 1.03. The van der Waals surface area contributed by atoms with Crippen molar-refractivity contribution in [2.24, 2.45) is 4.99 Å². The summed E-state index contributed by atoms with van der Waals surface area (Å²) in [6, 6.07) is 42.6. The molecule has 0 saturated heterocycles. The van der Waals surface area contributed by atoms with E-state index in [1.165, 1.54) is 60.5 Å². The highest BCUT2D eigenvalue weighted by atomic mass is 15.1. The van der Waals surface area contributed by atoms with E-state index in [0.29, 0.717) is 0 Å². The van der Waals surface area contributed by atoms with Crippen LogP contribution in [-0.4, -0.2) is 5.71 Å². The third kappa shape index (κ3) is 5.24. The van der Waals surface area contributed by atoms with Crippen LogP contribution in [-0.2, 0) is 6.42 Å². The van der Waals surface area contributed by atoms with Crippen molar-refractivity contribution in [2.75, 3.05) is 4.90 Å². The molecular weight excluding hydrogens is 605 g/mol. The van der Waals surface area contributed by atoms with E-state index in [9.17, 15) is 0 Å². The Morgan fingerprint density at radius 1 is 0.620 bits per heavy atom. The van der Waals surface area contributed by atoms with Crippen LogP contribution in [0.3, 0.4) is 0 Å². The van der Waals surface area contributed by atoms with Crippen LogP contribution in [0.2, 0.25) is 0 Å². The average molecular weight is 645 g/mol. The van der Waals surface area contributed by atoms with Gasteiger partial charge in [0.1, 0.15) is 0 Å².